The van der Waals surface area contributed by atoms with Crippen molar-refractivity contribution in [3.63, 3.8) is 0 Å². The monoisotopic (exact) mass is 342 g/mol. The normalized spacial score (nSPS) is 13.6. The lowest BCUT2D eigenvalue weighted by Gasteiger charge is -2.19. The topological polar surface area (TPSA) is 32.3 Å². The van der Waals surface area contributed by atoms with Crippen molar-refractivity contribution in [2.24, 2.45) is 0 Å². The van der Waals surface area contributed by atoms with Crippen LogP contribution in [0.2, 0.25) is 0 Å². The van der Waals surface area contributed by atoms with Gasteiger partial charge in [-0.15, -0.1) is 0 Å². The second kappa shape index (κ2) is 5.51. The van der Waals surface area contributed by atoms with Crippen LogP contribution in [0.1, 0.15) is 15.9 Å². The molecule has 0 fully saturated rings. The number of rotatable bonds is 3. The summed E-state index contributed by atoms with van der Waals surface area (Å²) in [6.07, 6.45) is -4.40. The number of halogens is 3. The molecule has 1 aliphatic rings. The Balaban J connectivity index is 1.61. The molecule has 1 aliphatic heterocycles. The number of alkyl halides is 3. The molecule has 0 saturated heterocycles. The SMILES string of the molecule is O=C1c2cccc3cccc(c23)N1CNc1cccc(C(F)(F)F)c1. The summed E-state index contributed by atoms with van der Waals surface area (Å²) in [7, 11) is 0. The van der Waals surface area contributed by atoms with E-state index in [1.54, 1.807) is 12.1 Å². The van der Waals surface area contributed by atoms with Gasteiger partial charge in [0, 0.05) is 16.6 Å². The van der Waals surface area contributed by atoms with Crippen molar-refractivity contribution in [2.45, 2.75) is 6.18 Å². The van der Waals surface area contributed by atoms with E-state index in [-0.39, 0.29) is 12.6 Å². The van der Waals surface area contributed by atoms with Crippen molar-refractivity contribution in [3.05, 3.63) is 71.8 Å². The molecule has 1 heterocycles. The fraction of sp³-hybridized carbons (Fsp3) is 0.105. The number of nitrogens with one attached hydrogen (secondary N) is 1. The number of anilines is 2. The smallest absolute Gasteiger partial charge is 0.367 e. The summed E-state index contributed by atoms with van der Waals surface area (Å²) in [6.45, 7) is 0.0912. The van der Waals surface area contributed by atoms with E-state index in [1.807, 2.05) is 30.3 Å². The standard InChI is InChI=1S/C19H13F3N2O/c20-19(21,22)13-6-3-7-14(10-13)23-11-24-16-9-2-5-12-4-1-8-15(17(12)16)18(24)25/h1-10,23H,11H2. The van der Waals surface area contributed by atoms with E-state index in [4.69, 9.17) is 0 Å². The predicted octanol–water partition coefficient (Wildman–Crippen LogP) is 4.89. The highest BCUT2D eigenvalue weighted by Crippen LogP contribution is 2.37. The summed E-state index contributed by atoms with van der Waals surface area (Å²) in [5.41, 5.74) is 0.956. The molecule has 0 radical (unpaired) electrons. The Morgan fingerprint density at radius 2 is 1.68 bits per heavy atom. The molecule has 1 amide bonds. The van der Waals surface area contributed by atoms with E-state index in [0.717, 1.165) is 28.6 Å². The van der Waals surface area contributed by atoms with Gasteiger partial charge >= 0.3 is 6.18 Å². The van der Waals surface area contributed by atoms with Crippen molar-refractivity contribution in [1.82, 2.24) is 0 Å². The number of carbonyl (C=O) groups excluding carboxylic acids is 1. The summed E-state index contributed by atoms with van der Waals surface area (Å²) >= 11 is 0. The number of hydrogen-bond donors (Lipinski definition) is 1. The van der Waals surface area contributed by atoms with Gasteiger partial charge in [-0.1, -0.05) is 30.3 Å². The van der Waals surface area contributed by atoms with Crippen molar-refractivity contribution in [2.75, 3.05) is 16.9 Å². The minimum atomic E-state index is -4.40. The van der Waals surface area contributed by atoms with E-state index in [0.29, 0.717) is 11.3 Å². The third kappa shape index (κ3) is 2.59. The first-order valence-electron chi connectivity index (χ1n) is 7.70. The highest BCUT2D eigenvalue weighted by molar-refractivity contribution is 6.25. The Morgan fingerprint density at radius 3 is 2.44 bits per heavy atom. The Kier molecular flexibility index (Phi) is 3.42. The van der Waals surface area contributed by atoms with Crippen LogP contribution in [0.5, 0.6) is 0 Å². The Morgan fingerprint density at radius 1 is 0.960 bits per heavy atom. The van der Waals surface area contributed by atoms with Gasteiger partial charge in [-0.25, -0.2) is 0 Å². The third-order valence-corrected chi connectivity index (χ3v) is 4.28. The fourth-order valence-corrected chi connectivity index (χ4v) is 3.11. The maximum atomic E-state index is 12.8. The summed E-state index contributed by atoms with van der Waals surface area (Å²) < 4.78 is 38.4. The molecule has 0 unspecified atom stereocenters. The summed E-state index contributed by atoms with van der Waals surface area (Å²) in [6, 6.07) is 16.1. The molecular formula is C19H13F3N2O. The quantitative estimate of drug-likeness (QED) is 0.735. The minimum absolute atomic E-state index is 0.0912. The van der Waals surface area contributed by atoms with Gasteiger partial charge in [0.25, 0.3) is 5.91 Å². The van der Waals surface area contributed by atoms with Crippen LogP contribution in [-0.2, 0) is 6.18 Å². The van der Waals surface area contributed by atoms with Crippen LogP contribution in [0.3, 0.4) is 0 Å². The maximum absolute atomic E-state index is 12.8. The van der Waals surface area contributed by atoms with Crippen molar-refractivity contribution in [3.8, 4) is 0 Å². The molecule has 3 nitrogen and oxygen atoms in total. The van der Waals surface area contributed by atoms with Crippen LogP contribution < -0.4 is 10.2 Å². The molecule has 4 rings (SSSR count). The summed E-state index contributed by atoms with van der Waals surface area (Å²) in [5, 5.41) is 4.75. The first kappa shape index (κ1) is 15.5. The van der Waals surface area contributed by atoms with E-state index >= 15 is 0 Å². The Hall–Kier alpha value is -3.02. The molecule has 0 aliphatic carbocycles. The second-order valence-electron chi connectivity index (χ2n) is 5.83. The largest absolute Gasteiger partial charge is 0.416 e. The second-order valence-corrected chi connectivity index (χ2v) is 5.83. The average molecular weight is 342 g/mol. The molecule has 0 aromatic heterocycles. The Labute approximate surface area is 141 Å². The van der Waals surface area contributed by atoms with Crippen LogP contribution >= 0.6 is 0 Å². The minimum Gasteiger partial charge on any atom is -0.367 e. The zero-order valence-electron chi connectivity index (χ0n) is 13.0. The van der Waals surface area contributed by atoms with Crippen molar-refractivity contribution < 1.29 is 18.0 Å². The highest BCUT2D eigenvalue weighted by atomic mass is 19.4. The van der Waals surface area contributed by atoms with Gasteiger partial charge in [-0.05, 0) is 35.7 Å². The molecule has 126 valence electrons. The van der Waals surface area contributed by atoms with E-state index in [9.17, 15) is 18.0 Å². The number of nitrogens with zero attached hydrogens (tertiary/aromatic N) is 1. The molecule has 3 aromatic carbocycles. The molecule has 25 heavy (non-hydrogen) atoms. The number of hydrogen-bond acceptors (Lipinski definition) is 2. The van der Waals surface area contributed by atoms with Gasteiger partial charge in [0.15, 0.2) is 0 Å². The van der Waals surface area contributed by atoms with Crippen molar-refractivity contribution in [1.29, 1.82) is 0 Å². The number of carbonyl (C=O) groups is 1. The van der Waals surface area contributed by atoms with Crippen LogP contribution in [0.25, 0.3) is 10.8 Å². The molecule has 0 spiro atoms. The zero-order valence-corrected chi connectivity index (χ0v) is 13.0. The molecule has 1 N–H and O–H groups in total. The summed E-state index contributed by atoms with van der Waals surface area (Å²) in [5.74, 6) is -0.161. The van der Waals surface area contributed by atoms with Crippen LogP contribution in [0.4, 0.5) is 24.5 Å². The molecule has 6 heteroatoms. The van der Waals surface area contributed by atoms with E-state index in [1.165, 1.54) is 11.0 Å². The molecule has 0 bridgehead atoms. The predicted molar refractivity (Wildman–Crippen MR) is 90.7 cm³/mol. The molecule has 3 aromatic rings. The van der Waals surface area contributed by atoms with Crippen LogP contribution in [0.15, 0.2) is 60.7 Å². The van der Waals surface area contributed by atoms with Crippen LogP contribution in [0, 0.1) is 0 Å². The van der Waals surface area contributed by atoms with Crippen LogP contribution in [-0.4, -0.2) is 12.6 Å². The first-order valence-corrected chi connectivity index (χ1v) is 7.70. The van der Waals surface area contributed by atoms with E-state index < -0.39 is 11.7 Å². The maximum Gasteiger partial charge on any atom is 0.416 e. The zero-order chi connectivity index (χ0) is 17.6. The van der Waals surface area contributed by atoms with Crippen molar-refractivity contribution >= 4 is 28.1 Å². The van der Waals surface area contributed by atoms with Gasteiger partial charge in [0.1, 0.15) is 0 Å². The number of amides is 1. The molecular weight excluding hydrogens is 329 g/mol. The lowest BCUT2D eigenvalue weighted by Crippen LogP contribution is -2.32. The van der Waals surface area contributed by atoms with Gasteiger partial charge in [0.05, 0.1) is 17.9 Å². The lowest BCUT2D eigenvalue weighted by atomic mass is 10.1. The van der Waals surface area contributed by atoms with Gasteiger partial charge in [-0.3, -0.25) is 9.69 Å². The lowest BCUT2D eigenvalue weighted by molar-refractivity contribution is -0.137. The molecule has 0 atom stereocenters. The summed E-state index contributed by atoms with van der Waals surface area (Å²) in [4.78, 5) is 14.2. The third-order valence-electron chi connectivity index (χ3n) is 4.28. The Bertz CT molecular complexity index is 977. The van der Waals surface area contributed by atoms with Gasteiger partial charge in [-0.2, -0.15) is 13.2 Å². The molecule has 0 saturated carbocycles. The average Bonchev–Trinajstić information content (AvgIpc) is 2.87. The number of benzene rings is 3. The van der Waals surface area contributed by atoms with Gasteiger partial charge in [0.2, 0.25) is 0 Å². The highest BCUT2D eigenvalue weighted by Gasteiger charge is 2.31. The van der Waals surface area contributed by atoms with E-state index in [2.05, 4.69) is 5.32 Å². The first-order chi connectivity index (χ1) is 11.9. The fourth-order valence-electron chi connectivity index (χ4n) is 3.11. The van der Waals surface area contributed by atoms with Gasteiger partial charge < -0.3 is 5.32 Å².